The first-order chi connectivity index (χ1) is 3.68. The summed E-state index contributed by atoms with van der Waals surface area (Å²) in [5, 5.41) is 0. The van der Waals surface area contributed by atoms with E-state index in [4.69, 9.17) is 0 Å². The molecule has 46 valence electrons. The van der Waals surface area contributed by atoms with Gasteiger partial charge in [0.1, 0.15) is 6.29 Å². The minimum Gasteiger partial charge on any atom is -0.303 e. The minimum atomic E-state index is 0.445. The van der Waals surface area contributed by atoms with E-state index in [-0.39, 0.29) is 0 Å². The van der Waals surface area contributed by atoms with Crippen molar-refractivity contribution in [2.75, 3.05) is 0 Å². The van der Waals surface area contributed by atoms with Crippen LogP contribution in [0.2, 0.25) is 0 Å². The van der Waals surface area contributed by atoms with Gasteiger partial charge in [-0.2, -0.15) is 0 Å². The Bertz CT molecular complexity index is 92.6. The molecule has 0 saturated heterocycles. The Hall–Kier alpha value is -0.590. The van der Waals surface area contributed by atoms with E-state index in [1.807, 2.05) is 13.8 Å². The monoisotopic (exact) mass is 112 g/mol. The zero-order valence-electron chi connectivity index (χ0n) is 5.48. The molecule has 0 N–H and O–H groups in total. The zero-order valence-corrected chi connectivity index (χ0v) is 5.48. The Morgan fingerprint density at radius 2 is 2.25 bits per heavy atom. The summed E-state index contributed by atoms with van der Waals surface area (Å²) in [6.45, 7) is 7.78. The molecule has 0 aromatic carbocycles. The van der Waals surface area contributed by atoms with Crippen molar-refractivity contribution < 1.29 is 4.79 Å². The number of hydrogen-bond acceptors (Lipinski definition) is 1. The Kier molecular flexibility index (Phi) is 3.16. The van der Waals surface area contributed by atoms with Crippen LogP contribution in [0.25, 0.3) is 0 Å². The lowest BCUT2D eigenvalue weighted by Gasteiger charge is -2.02. The first kappa shape index (κ1) is 7.41. The molecule has 0 rings (SSSR count). The molecule has 0 radical (unpaired) electrons. The van der Waals surface area contributed by atoms with E-state index in [9.17, 15) is 4.79 Å². The maximum Gasteiger partial charge on any atom is 0.124 e. The molecule has 0 aromatic heterocycles. The number of carbonyl (C=O) groups excluding carboxylic acids is 1. The van der Waals surface area contributed by atoms with Crippen molar-refractivity contribution in [3.05, 3.63) is 12.2 Å². The van der Waals surface area contributed by atoms with E-state index in [0.29, 0.717) is 12.3 Å². The normalized spacial score (nSPS) is 9.38. The van der Waals surface area contributed by atoms with Crippen LogP contribution in [0.5, 0.6) is 0 Å². The summed E-state index contributed by atoms with van der Waals surface area (Å²) in [7, 11) is 0. The topological polar surface area (TPSA) is 17.1 Å². The SMILES string of the molecule is C=C(CC=O)C(C)C. The molecule has 8 heavy (non-hydrogen) atoms. The van der Waals surface area contributed by atoms with Gasteiger partial charge in [-0.15, -0.1) is 0 Å². The molecule has 0 saturated carbocycles. The van der Waals surface area contributed by atoms with Crippen LogP contribution >= 0.6 is 0 Å². The molecule has 0 fully saturated rings. The van der Waals surface area contributed by atoms with E-state index in [2.05, 4.69) is 6.58 Å². The molecule has 0 aliphatic rings. The number of hydrogen-bond donors (Lipinski definition) is 0. The van der Waals surface area contributed by atoms with Gasteiger partial charge in [0, 0.05) is 6.42 Å². The Morgan fingerprint density at radius 3 is 2.38 bits per heavy atom. The molecule has 0 heterocycles. The quantitative estimate of drug-likeness (QED) is 0.402. The summed E-state index contributed by atoms with van der Waals surface area (Å²) in [5.74, 6) is 0.445. The summed E-state index contributed by atoms with van der Waals surface area (Å²) >= 11 is 0. The summed E-state index contributed by atoms with van der Waals surface area (Å²) in [4.78, 5) is 9.86. The van der Waals surface area contributed by atoms with Crippen molar-refractivity contribution in [2.45, 2.75) is 20.3 Å². The fraction of sp³-hybridized carbons (Fsp3) is 0.571. The van der Waals surface area contributed by atoms with Crippen molar-refractivity contribution in [2.24, 2.45) is 5.92 Å². The van der Waals surface area contributed by atoms with Gasteiger partial charge < -0.3 is 4.79 Å². The molecule has 0 bridgehead atoms. The molecule has 0 aliphatic carbocycles. The average Bonchev–Trinajstić information content (AvgIpc) is 1.67. The summed E-state index contributed by atoms with van der Waals surface area (Å²) in [6.07, 6.45) is 1.40. The Labute approximate surface area is 50.4 Å². The summed E-state index contributed by atoms with van der Waals surface area (Å²) in [5.41, 5.74) is 1.01. The number of aldehydes is 1. The number of allylic oxidation sites excluding steroid dienone is 1. The smallest absolute Gasteiger partial charge is 0.124 e. The zero-order chi connectivity index (χ0) is 6.57. The van der Waals surface area contributed by atoms with Crippen LogP contribution in [-0.2, 0) is 4.79 Å². The largest absolute Gasteiger partial charge is 0.303 e. The van der Waals surface area contributed by atoms with E-state index in [1.165, 1.54) is 0 Å². The number of carbonyl (C=O) groups is 1. The molecule has 0 aromatic rings. The lowest BCUT2D eigenvalue weighted by Crippen LogP contribution is -1.91. The highest BCUT2D eigenvalue weighted by atomic mass is 16.1. The van der Waals surface area contributed by atoms with Gasteiger partial charge in [0.2, 0.25) is 0 Å². The second kappa shape index (κ2) is 3.42. The summed E-state index contributed by atoms with van der Waals surface area (Å²) < 4.78 is 0. The fourth-order valence-electron chi connectivity index (χ4n) is 0.343. The third-order valence-electron chi connectivity index (χ3n) is 1.16. The van der Waals surface area contributed by atoms with Gasteiger partial charge in [0.15, 0.2) is 0 Å². The van der Waals surface area contributed by atoms with E-state index >= 15 is 0 Å². The van der Waals surface area contributed by atoms with Crippen molar-refractivity contribution in [1.29, 1.82) is 0 Å². The van der Waals surface area contributed by atoms with E-state index in [0.717, 1.165) is 11.9 Å². The molecule has 0 amide bonds. The maximum absolute atomic E-state index is 9.86. The van der Waals surface area contributed by atoms with Gasteiger partial charge in [-0.25, -0.2) is 0 Å². The van der Waals surface area contributed by atoms with Gasteiger partial charge in [-0.3, -0.25) is 0 Å². The van der Waals surface area contributed by atoms with Crippen LogP contribution in [0.1, 0.15) is 20.3 Å². The molecular formula is C7H12O. The Balaban J connectivity index is 3.48. The standard InChI is InChI=1S/C7H12O/c1-6(2)7(3)4-5-8/h5-6H,3-4H2,1-2H3. The molecule has 0 spiro atoms. The highest BCUT2D eigenvalue weighted by Crippen LogP contribution is 2.07. The van der Waals surface area contributed by atoms with Crippen molar-refractivity contribution in [1.82, 2.24) is 0 Å². The predicted octanol–water partition coefficient (Wildman–Crippen LogP) is 1.79. The molecular weight excluding hydrogens is 100 g/mol. The molecule has 0 aliphatic heterocycles. The van der Waals surface area contributed by atoms with Crippen LogP contribution in [0.4, 0.5) is 0 Å². The van der Waals surface area contributed by atoms with E-state index in [1.54, 1.807) is 0 Å². The minimum absolute atomic E-state index is 0.445. The molecule has 1 heteroatoms. The molecule has 0 atom stereocenters. The third kappa shape index (κ3) is 2.56. The fourth-order valence-corrected chi connectivity index (χ4v) is 0.343. The predicted molar refractivity (Wildman–Crippen MR) is 34.7 cm³/mol. The first-order valence-electron chi connectivity index (χ1n) is 2.79. The van der Waals surface area contributed by atoms with Gasteiger partial charge in [-0.05, 0) is 5.92 Å². The Morgan fingerprint density at radius 1 is 1.75 bits per heavy atom. The second-order valence-electron chi connectivity index (χ2n) is 2.18. The van der Waals surface area contributed by atoms with Crippen molar-refractivity contribution in [3.8, 4) is 0 Å². The first-order valence-corrected chi connectivity index (χ1v) is 2.79. The maximum atomic E-state index is 9.86. The number of rotatable bonds is 3. The third-order valence-corrected chi connectivity index (χ3v) is 1.16. The van der Waals surface area contributed by atoms with Crippen LogP contribution in [0, 0.1) is 5.92 Å². The second-order valence-corrected chi connectivity index (χ2v) is 2.18. The van der Waals surface area contributed by atoms with Gasteiger partial charge in [-0.1, -0.05) is 26.0 Å². The van der Waals surface area contributed by atoms with E-state index < -0.39 is 0 Å². The molecule has 1 nitrogen and oxygen atoms in total. The van der Waals surface area contributed by atoms with Crippen molar-refractivity contribution in [3.63, 3.8) is 0 Å². The average molecular weight is 112 g/mol. The van der Waals surface area contributed by atoms with Crippen LogP contribution in [0.15, 0.2) is 12.2 Å². The van der Waals surface area contributed by atoms with Gasteiger partial charge in [0.05, 0.1) is 0 Å². The molecule has 0 unspecified atom stereocenters. The van der Waals surface area contributed by atoms with Crippen LogP contribution < -0.4 is 0 Å². The summed E-state index contributed by atoms with van der Waals surface area (Å²) in [6, 6.07) is 0. The highest BCUT2D eigenvalue weighted by Gasteiger charge is 1.96. The lowest BCUT2D eigenvalue weighted by atomic mass is 10.0. The van der Waals surface area contributed by atoms with Crippen LogP contribution in [-0.4, -0.2) is 6.29 Å². The highest BCUT2D eigenvalue weighted by molar-refractivity contribution is 5.53. The van der Waals surface area contributed by atoms with Gasteiger partial charge >= 0.3 is 0 Å². The van der Waals surface area contributed by atoms with Crippen molar-refractivity contribution >= 4 is 6.29 Å². The van der Waals surface area contributed by atoms with Crippen LogP contribution in [0.3, 0.4) is 0 Å². The van der Waals surface area contributed by atoms with Gasteiger partial charge in [0.25, 0.3) is 0 Å². The lowest BCUT2D eigenvalue weighted by molar-refractivity contribution is -0.107.